The Morgan fingerprint density at radius 1 is 0.759 bits per heavy atom. The third-order valence-electron chi connectivity index (χ3n) is 3.95. The van der Waals surface area contributed by atoms with Gasteiger partial charge in [-0.05, 0) is 20.3 Å². The van der Waals surface area contributed by atoms with Gasteiger partial charge in [0.1, 0.15) is 53.4 Å². The Balaban J connectivity index is 1.84. The van der Waals surface area contributed by atoms with Crippen LogP contribution in [0.2, 0.25) is 0 Å². The monoisotopic (exact) mass is 397 g/mol. The summed E-state index contributed by atoms with van der Waals surface area (Å²) in [6, 6.07) is 0. The van der Waals surface area contributed by atoms with E-state index in [1.807, 2.05) is 0 Å². The Labute approximate surface area is 168 Å². The molecule has 0 bridgehead atoms. The van der Waals surface area contributed by atoms with Gasteiger partial charge in [-0.3, -0.25) is 0 Å². The van der Waals surface area contributed by atoms with Crippen molar-refractivity contribution in [3.8, 4) is 0 Å². The van der Waals surface area contributed by atoms with Gasteiger partial charge in [-0.2, -0.15) is 0 Å². The number of ether oxygens (including phenoxy) is 1. The maximum atomic E-state index is 9.93. The first kappa shape index (κ1) is 20.7. The first-order chi connectivity index (χ1) is 14.0. The average Bonchev–Trinajstić information content (AvgIpc) is 2.66. The summed E-state index contributed by atoms with van der Waals surface area (Å²) in [5, 5.41) is 9.93. The molecule has 1 unspecified atom stereocenters. The van der Waals surface area contributed by atoms with Gasteiger partial charge in [0, 0.05) is 13.5 Å². The predicted molar refractivity (Wildman–Crippen MR) is 101 cm³/mol. The van der Waals surface area contributed by atoms with Crippen molar-refractivity contribution in [1.29, 1.82) is 0 Å². The lowest BCUT2D eigenvalue weighted by molar-refractivity contribution is 0.0592. The Bertz CT molecular complexity index is 888. The first-order valence-electron chi connectivity index (χ1n) is 9.20. The number of hydrogen-bond donors (Lipinski definition) is 1. The van der Waals surface area contributed by atoms with Crippen molar-refractivity contribution in [2.75, 3.05) is 13.7 Å². The minimum Gasteiger partial charge on any atom is -0.391 e. The van der Waals surface area contributed by atoms with E-state index in [1.54, 1.807) is 21.0 Å². The SMILES string of the molecule is COCC(O)CCc1nc(Cc2ncnc(C)n2)nc(Cc2ncnc(C)n2)n1. The molecule has 152 valence electrons. The van der Waals surface area contributed by atoms with Gasteiger partial charge in [0.05, 0.1) is 25.6 Å². The lowest BCUT2D eigenvalue weighted by Crippen LogP contribution is -2.17. The molecule has 29 heavy (non-hydrogen) atoms. The Morgan fingerprint density at radius 3 is 1.76 bits per heavy atom. The normalized spacial score (nSPS) is 12.1. The molecule has 0 amide bonds. The van der Waals surface area contributed by atoms with Crippen molar-refractivity contribution in [1.82, 2.24) is 44.9 Å². The van der Waals surface area contributed by atoms with Gasteiger partial charge in [-0.15, -0.1) is 0 Å². The molecule has 0 spiro atoms. The van der Waals surface area contributed by atoms with Crippen LogP contribution in [0.15, 0.2) is 12.7 Å². The minimum absolute atomic E-state index is 0.263. The van der Waals surface area contributed by atoms with Crippen molar-refractivity contribution in [3.63, 3.8) is 0 Å². The van der Waals surface area contributed by atoms with Crippen LogP contribution in [-0.2, 0) is 24.0 Å². The highest BCUT2D eigenvalue weighted by Crippen LogP contribution is 2.08. The van der Waals surface area contributed by atoms with Gasteiger partial charge < -0.3 is 9.84 Å². The number of aliphatic hydroxyl groups excluding tert-OH is 1. The molecule has 11 nitrogen and oxygen atoms in total. The second-order valence-corrected chi connectivity index (χ2v) is 6.48. The maximum Gasteiger partial charge on any atom is 0.140 e. The van der Waals surface area contributed by atoms with Crippen LogP contribution >= 0.6 is 0 Å². The zero-order valence-corrected chi connectivity index (χ0v) is 16.6. The summed E-state index contributed by atoms with van der Waals surface area (Å²) in [5.41, 5.74) is 0. The number of hydrogen-bond acceptors (Lipinski definition) is 11. The van der Waals surface area contributed by atoms with Crippen LogP contribution in [0.3, 0.4) is 0 Å². The molecule has 0 aliphatic rings. The van der Waals surface area contributed by atoms with E-state index >= 15 is 0 Å². The van der Waals surface area contributed by atoms with Gasteiger partial charge in [0.15, 0.2) is 0 Å². The number of rotatable bonds is 9. The summed E-state index contributed by atoms with van der Waals surface area (Å²) < 4.78 is 4.97. The van der Waals surface area contributed by atoms with Gasteiger partial charge in [-0.25, -0.2) is 44.9 Å². The van der Waals surface area contributed by atoms with E-state index in [2.05, 4.69) is 44.9 Å². The van der Waals surface area contributed by atoms with E-state index < -0.39 is 6.10 Å². The first-order valence-corrected chi connectivity index (χ1v) is 9.20. The third kappa shape index (κ3) is 6.50. The van der Waals surface area contributed by atoms with Crippen molar-refractivity contribution in [2.24, 2.45) is 0 Å². The Hall–Kier alpha value is -3.05. The molecule has 11 heteroatoms. The number of aliphatic hydroxyl groups is 1. The van der Waals surface area contributed by atoms with E-state index in [4.69, 9.17) is 4.74 Å². The number of methoxy groups -OCH3 is 1. The molecule has 0 saturated heterocycles. The smallest absolute Gasteiger partial charge is 0.140 e. The van der Waals surface area contributed by atoms with Crippen LogP contribution in [0.4, 0.5) is 0 Å². The van der Waals surface area contributed by atoms with Crippen LogP contribution in [-0.4, -0.2) is 69.8 Å². The molecule has 0 radical (unpaired) electrons. The molecule has 0 aliphatic heterocycles. The molecule has 1 N–H and O–H groups in total. The van der Waals surface area contributed by atoms with Crippen molar-refractivity contribution < 1.29 is 9.84 Å². The second kappa shape index (κ2) is 9.94. The number of aryl methyl sites for hydroxylation is 3. The number of aromatic nitrogens is 9. The van der Waals surface area contributed by atoms with Crippen molar-refractivity contribution >= 4 is 0 Å². The highest BCUT2D eigenvalue weighted by atomic mass is 16.5. The van der Waals surface area contributed by atoms with Crippen LogP contribution < -0.4 is 0 Å². The van der Waals surface area contributed by atoms with E-state index in [0.717, 1.165) is 0 Å². The molecule has 3 aromatic heterocycles. The highest BCUT2D eigenvalue weighted by molar-refractivity contribution is 5.08. The van der Waals surface area contributed by atoms with Crippen LogP contribution in [0.1, 0.15) is 47.2 Å². The molecular weight excluding hydrogens is 374 g/mol. The van der Waals surface area contributed by atoms with Crippen molar-refractivity contribution in [3.05, 3.63) is 53.4 Å². The second-order valence-electron chi connectivity index (χ2n) is 6.48. The summed E-state index contributed by atoms with van der Waals surface area (Å²) in [5.74, 6) is 4.09. The largest absolute Gasteiger partial charge is 0.391 e. The highest BCUT2D eigenvalue weighted by Gasteiger charge is 2.13. The lowest BCUT2D eigenvalue weighted by atomic mass is 10.2. The maximum absolute atomic E-state index is 9.93. The Morgan fingerprint density at radius 2 is 1.28 bits per heavy atom. The van der Waals surface area contributed by atoms with Crippen LogP contribution in [0.25, 0.3) is 0 Å². The fourth-order valence-corrected chi connectivity index (χ4v) is 2.66. The topological polar surface area (TPSA) is 145 Å². The third-order valence-corrected chi connectivity index (χ3v) is 3.95. The lowest BCUT2D eigenvalue weighted by Gasteiger charge is -2.10. The van der Waals surface area contributed by atoms with Crippen LogP contribution in [0, 0.1) is 13.8 Å². The fraction of sp³-hybridized carbons (Fsp3) is 0.500. The zero-order chi connectivity index (χ0) is 20.6. The van der Waals surface area contributed by atoms with E-state index in [1.165, 1.54) is 12.7 Å². The van der Waals surface area contributed by atoms with E-state index in [0.29, 0.717) is 66.5 Å². The summed E-state index contributed by atoms with van der Waals surface area (Å²) in [6.07, 6.45) is 4.02. The predicted octanol–water partition coefficient (Wildman–Crippen LogP) is -0.0201. The molecule has 0 aliphatic carbocycles. The van der Waals surface area contributed by atoms with E-state index in [-0.39, 0.29) is 6.61 Å². The molecule has 0 fully saturated rings. The van der Waals surface area contributed by atoms with Gasteiger partial charge in [-0.1, -0.05) is 0 Å². The molecule has 0 saturated carbocycles. The van der Waals surface area contributed by atoms with E-state index in [9.17, 15) is 5.11 Å². The zero-order valence-electron chi connectivity index (χ0n) is 16.6. The van der Waals surface area contributed by atoms with Gasteiger partial charge in [0.2, 0.25) is 0 Å². The standard InChI is InChI=1S/C18H23N9O2/c1-11-19-9-21-15(23-11)6-17-25-14(5-4-13(28)8-29-3)26-18(27-17)7-16-22-10-20-12(2)24-16/h9-10,13,28H,4-8H2,1-3H3. The summed E-state index contributed by atoms with van der Waals surface area (Å²) in [7, 11) is 1.55. The molecule has 0 aromatic carbocycles. The summed E-state index contributed by atoms with van der Waals surface area (Å²) >= 11 is 0. The Kier molecular flexibility index (Phi) is 7.09. The number of nitrogens with zero attached hydrogens (tertiary/aromatic N) is 9. The van der Waals surface area contributed by atoms with Gasteiger partial charge in [0.25, 0.3) is 0 Å². The molecule has 3 aromatic rings. The fourth-order valence-electron chi connectivity index (χ4n) is 2.66. The molecule has 3 heterocycles. The average molecular weight is 397 g/mol. The van der Waals surface area contributed by atoms with Crippen molar-refractivity contribution in [2.45, 2.75) is 45.6 Å². The molecule has 1 atom stereocenters. The van der Waals surface area contributed by atoms with Gasteiger partial charge >= 0.3 is 0 Å². The molecular formula is C18H23N9O2. The summed E-state index contributed by atoms with van der Waals surface area (Å²) in [4.78, 5) is 38.6. The minimum atomic E-state index is -0.582. The molecule has 3 rings (SSSR count). The summed E-state index contributed by atoms with van der Waals surface area (Å²) in [6.45, 7) is 3.87. The van der Waals surface area contributed by atoms with Crippen LogP contribution in [0.5, 0.6) is 0 Å². The quantitative estimate of drug-likeness (QED) is 0.519.